The van der Waals surface area contributed by atoms with Crippen LogP contribution in [0.5, 0.6) is 0 Å². The normalized spacial score (nSPS) is 11.9. The Morgan fingerprint density at radius 1 is 1.17 bits per heavy atom. The van der Waals surface area contributed by atoms with Gasteiger partial charge in [-0.25, -0.2) is 12.8 Å². The van der Waals surface area contributed by atoms with Gasteiger partial charge in [0.05, 0.1) is 4.90 Å². The van der Waals surface area contributed by atoms with Gasteiger partial charge in [0, 0.05) is 30.9 Å². The van der Waals surface area contributed by atoms with Crippen LogP contribution < -0.4 is 5.56 Å². The van der Waals surface area contributed by atoms with Gasteiger partial charge in [0.15, 0.2) is 0 Å². The molecule has 0 saturated carbocycles. The van der Waals surface area contributed by atoms with Gasteiger partial charge < -0.3 is 9.09 Å². The van der Waals surface area contributed by atoms with Crippen molar-refractivity contribution in [2.45, 2.75) is 32.2 Å². The van der Waals surface area contributed by atoms with Crippen LogP contribution in [0.2, 0.25) is 0 Å². The summed E-state index contributed by atoms with van der Waals surface area (Å²) < 4.78 is 46.8. The SMILES string of the molecule is CCN(CC)S(=O)(=O)c1ccc(=O)n(Cc2nc(-c3ccc(C)c(F)c3)no2)c1. The van der Waals surface area contributed by atoms with Gasteiger partial charge in [0.25, 0.3) is 5.56 Å². The van der Waals surface area contributed by atoms with Crippen molar-refractivity contribution in [3.8, 4) is 11.4 Å². The lowest BCUT2D eigenvalue weighted by atomic mass is 10.1. The van der Waals surface area contributed by atoms with Crippen molar-refractivity contribution in [2.24, 2.45) is 0 Å². The number of halogens is 1. The molecule has 0 aliphatic heterocycles. The van der Waals surface area contributed by atoms with E-state index in [0.29, 0.717) is 24.2 Å². The molecule has 0 aliphatic carbocycles. The van der Waals surface area contributed by atoms with Crippen molar-refractivity contribution >= 4 is 10.0 Å². The molecule has 1 aromatic carbocycles. The molecule has 10 heteroatoms. The van der Waals surface area contributed by atoms with E-state index >= 15 is 0 Å². The molecule has 29 heavy (non-hydrogen) atoms. The maximum absolute atomic E-state index is 13.8. The second-order valence-electron chi connectivity index (χ2n) is 6.40. The maximum atomic E-state index is 13.8. The quantitative estimate of drug-likeness (QED) is 0.582. The Morgan fingerprint density at radius 3 is 2.55 bits per heavy atom. The van der Waals surface area contributed by atoms with Gasteiger partial charge in [-0.1, -0.05) is 31.1 Å². The molecule has 0 atom stereocenters. The molecule has 8 nitrogen and oxygen atoms in total. The summed E-state index contributed by atoms with van der Waals surface area (Å²) in [4.78, 5) is 16.4. The van der Waals surface area contributed by atoms with Crippen molar-refractivity contribution < 1.29 is 17.3 Å². The van der Waals surface area contributed by atoms with E-state index in [9.17, 15) is 17.6 Å². The summed E-state index contributed by atoms with van der Waals surface area (Å²) in [6, 6.07) is 7.03. The zero-order valence-electron chi connectivity index (χ0n) is 16.3. The van der Waals surface area contributed by atoms with E-state index in [-0.39, 0.29) is 29.0 Å². The summed E-state index contributed by atoms with van der Waals surface area (Å²) in [6.07, 6.45) is 1.26. The number of pyridine rings is 1. The third kappa shape index (κ3) is 4.28. The van der Waals surface area contributed by atoms with Crippen LogP contribution in [0, 0.1) is 12.7 Å². The highest BCUT2D eigenvalue weighted by Crippen LogP contribution is 2.19. The van der Waals surface area contributed by atoms with Crippen molar-refractivity contribution in [3.05, 3.63) is 64.2 Å². The average Bonchev–Trinajstić information content (AvgIpc) is 3.15. The second-order valence-corrected chi connectivity index (χ2v) is 8.33. The maximum Gasteiger partial charge on any atom is 0.251 e. The third-order valence-corrected chi connectivity index (χ3v) is 6.54. The number of aromatic nitrogens is 3. The number of nitrogens with zero attached hydrogens (tertiary/aromatic N) is 4. The van der Waals surface area contributed by atoms with E-state index < -0.39 is 15.6 Å². The Labute approximate surface area is 167 Å². The molecule has 3 aromatic rings. The topological polar surface area (TPSA) is 98.3 Å². The molecule has 0 saturated heterocycles. The smallest absolute Gasteiger partial charge is 0.251 e. The number of sulfonamides is 1. The summed E-state index contributed by atoms with van der Waals surface area (Å²) in [5, 5.41) is 3.81. The van der Waals surface area contributed by atoms with Crippen molar-refractivity contribution in [2.75, 3.05) is 13.1 Å². The Kier molecular flexibility index (Phi) is 5.94. The van der Waals surface area contributed by atoms with Gasteiger partial charge in [-0.15, -0.1) is 0 Å². The Hall–Kier alpha value is -2.85. The predicted molar refractivity (Wildman–Crippen MR) is 104 cm³/mol. The van der Waals surface area contributed by atoms with Crippen molar-refractivity contribution in [1.82, 2.24) is 19.0 Å². The lowest BCUT2D eigenvalue weighted by molar-refractivity contribution is 0.369. The number of benzene rings is 1. The molecule has 0 N–H and O–H groups in total. The van der Waals surface area contributed by atoms with E-state index in [1.807, 2.05) is 0 Å². The summed E-state index contributed by atoms with van der Waals surface area (Å²) >= 11 is 0. The number of hydrogen-bond acceptors (Lipinski definition) is 6. The third-order valence-electron chi connectivity index (χ3n) is 4.50. The van der Waals surface area contributed by atoms with Crippen LogP contribution in [0.4, 0.5) is 4.39 Å². The minimum atomic E-state index is -3.71. The summed E-state index contributed by atoms with van der Waals surface area (Å²) in [7, 11) is -3.71. The van der Waals surface area contributed by atoms with Crippen LogP contribution in [-0.2, 0) is 16.6 Å². The van der Waals surface area contributed by atoms with Gasteiger partial charge in [-0.05, 0) is 24.6 Å². The molecule has 0 spiro atoms. The van der Waals surface area contributed by atoms with E-state index in [1.165, 1.54) is 33.3 Å². The molecular formula is C19H21FN4O4S. The molecule has 154 valence electrons. The van der Waals surface area contributed by atoms with Crippen LogP contribution in [0.25, 0.3) is 11.4 Å². The van der Waals surface area contributed by atoms with E-state index in [1.54, 1.807) is 32.9 Å². The Bertz CT molecular complexity index is 1180. The zero-order valence-corrected chi connectivity index (χ0v) is 17.1. The zero-order chi connectivity index (χ0) is 21.2. The van der Waals surface area contributed by atoms with E-state index in [0.717, 1.165) is 0 Å². The summed E-state index contributed by atoms with van der Waals surface area (Å²) in [6.45, 7) is 5.65. The van der Waals surface area contributed by atoms with Crippen LogP contribution in [0.15, 0.2) is 50.7 Å². The minimum Gasteiger partial charge on any atom is -0.337 e. The molecule has 2 heterocycles. The number of rotatable bonds is 7. The van der Waals surface area contributed by atoms with Gasteiger partial charge in [-0.2, -0.15) is 9.29 Å². The minimum absolute atomic E-state index is 0.00106. The molecule has 2 aromatic heterocycles. The molecule has 0 fully saturated rings. The van der Waals surface area contributed by atoms with Crippen LogP contribution in [0.3, 0.4) is 0 Å². The van der Waals surface area contributed by atoms with Gasteiger partial charge in [-0.3, -0.25) is 4.79 Å². The predicted octanol–water partition coefficient (Wildman–Crippen LogP) is 2.42. The largest absolute Gasteiger partial charge is 0.337 e. The van der Waals surface area contributed by atoms with Gasteiger partial charge in [0.2, 0.25) is 21.7 Å². The highest BCUT2D eigenvalue weighted by Gasteiger charge is 2.22. The first-order valence-corrected chi connectivity index (χ1v) is 10.5. The fourth-order valence-corrected chi connectivity index (χ4v) is 4.29. The molecule has 0 bridgehead atoms. The van der Waals surface area contributed by atoms with Crippen LogP contribution in [0.1, 0.15) is 25.3 Å². The monoisotopic (exact) mass is 420 g/mol. The second kappa shape index (κ2) is 8.26. The highest BCUT2D eigenvalue weighted by molar-refractivity contribution is 7.89. The van der Waals surface area contributed by atoms with E-state index in [2.05, 4.69) is 10.1 Å². The molecule has 3 rings (SSSR count). The van der Waals surface area contributed by atoms with Crippen molar-refractivity contribution in [3.63, 3.8) is 0 Å². The molecular weight excluding hydrogens is 399 g/mol. The standard InChI is InChI=1S/C19H21FN4O4S/c1-4-24(5-2)29(26,27)15-8-9-18(25)23(11-15)12-17-21-19(22-28-17)14-7-6-13(3)16(20)10-14/h6-11H,4-5,12H2,1-3H3. The molecule has 0 aliphatic rings. The summed E-state index contributed by atoms with van der Waals surface area (Å²) in [5.74, 6) is -0.112. The molecule has 0 amide bonds. The highest BCUT2D eigenvalue weighted by atomic mass is 32.2. The van der Waals surface area contributed by atoms with Crippen LogP contribution in [-0.4, -0.2) is 40.5 Å². The Balaban J connectivity index is 1.90. The lowest BCUT2D eigenvalue weighted by Gasteiger charge is -2.18. The van der Waals surface area contributed by atoms with Gasteiger partial charge in [0.1, 0.15) is 12.4 Å². The first kappa shape index (κ1) is 20.9. The average molecular weight is 420 g/mol. The van der Waals surface area contributed by atoms with Gasteiger partial charge >= 0.3 is 0 Å². The van der Waals surface area contributed by atoms with E-state index in [4.69, 9.17) is 4.52 Å². The first-order valence-electron chi connectivity index (χ1n) is 9.06. The van der Waals surface area contributed by atoms with Crippen LogP contribution >= 0.6 is 0 Å². The fraction of sp³-hybridized carbons (Fsp3) is 0.316. The fourth-order valence-electron chi connectivity index (χ4n) is 2.81. The number of hydrogen-bond donors (Lipinski definition) is 0. The molecule has 0 radical (unpaired) electrons. The van der Waals surface area contributed by atoms with Crippen molar-refractivity contribution in [1.29, 1.82) is 0 Å². The summed E-state index contributed by atoms with van der Waals surface area (Å²) in [5.41, 5.74) is 0.521. The molecule has 0 unspecified atom stereocenters. The Morgan fingerprint density at radius 2 is 1.90 bits per heavy atom. The number of aryl methyl sites for hydroxylation is 1. The first-order chi connectivity index (χ1) is 13.8. The lowest BCUT2D eigenvalue weighted by Crippen LogP contribution is -2.32.